The summed E-state index contributed by atoms with van der Waals surface area (Å²) in [4.78, 5) is 1.48. The Morgan fingerprint density at radius 1 is 1.25 bits per heavy atom. The third kappa shape index (κ3) is 1.76. The molecule has 0 aliphatic heterocycles. The van der Waals surface area contributed by atoms with Crippen molar-refractivity contribution < 1.29 is 4.63 Å². The molecule has 1 unspecified atom stereocenters. The van der Waals surface area contributed by atoms with Crippen molar-refractivity contribution in [3.8, 4) is 0 Å². The van der Waals surface area contributed by atoms with Crippen LogP contribution in [0.3, 0.4) is 0 Å². The predicted molar refractivity (Wildman–Crippen MR) is 79.8 cm³/mol. The van der Waals surface area contributed by atoms with Crippen molar-refractivity contribution in [2.24, 2.45) is 0 Å². The molecular weight excluding hydrogens is 272 g/mol. The Morgan fingerprint density at radius 2 is 2.15 bits per heavy atom. The van der Waals surface area contributed by atoms with Gasteiger partial charge in [0.25, 0.3) is 0 Å². The Hall–Kier alpha value is -2.08. The van der Waals surface area contributed by atoms with Gasteiger partial charge in [0.05, 0.1) is 17.4 Å². The fourth-order valence-electron chi connectivity index (χ4n) is 2.83. The van der Waals surface area contributed by atoms with Crippen LogP contribution in [-0.4, -0.2) is 10.3 Å². The predicted octanol–water partition coefficient (Wildman–Crippen LogP) is 3.36. The van der Waals surface area contributed by atoms with E-state index in [-0.39, 0.29) is 0 Å². The summed E-state index contributed by atoms with van der Waals surface area (Å²) in [5.41, 5.74) is 10.1. The third-order valence-electron chi connectivity index (χ3n) is 3.83. The average Bonchev–Trinajstić information content (AvgIpc) is 3.10. The molecule has 0 saturated heterocycles. The fraction of sp³-hybridized carbons (Fsp3) is 0.286. The van der Waals surface area contributed by atoms with Crippen LogP contribution in [0.5, 0.6) is 0 Å². The smallest absolute Gasteiger partial charge is 0.160 e. The van der Waals surface area contributed by atoms with Crippen LogP contribution in [0, 0.1) is 0 Å². The highest BCUT2D eigenvalue weighted by atomic mass is 32.1. The Balaban J connectivity index is 1.73. The number of thiophene rings is 1. The first-order valence-corrected chi connectivity index (χ1v) is 7.54. The standard InChI is InChI=1S/C14H14N4OS/c15-9-4-5-11(14-13(9)17-19-18-14)16-10-2-1-3-12-8(10)6-7-20-12/h4-7,10,16H,1-3,15H2. The number of nitrogen functional groups attached to an aromatic ring is 1. The van der Waals surface area contributed by atoms with Gasteiger partial charge >= 0.3 is 0 Å². The van der Waals surface area contributed by atoms with Gasteiger partial charge in [-0.15, -0.1) is 11.3 Å². The maximum atomic E-state index is 5.87. The number of nitrogens with one attached hydrogen (secondary N) is 1. The minimum atomic E-state index is 0.327. The second-order valence-corrected chi connectivity index (χ2v) is 6.05. The lowest BCUT2D eigenvalue weighted by Crippen LogP contribution is -2.15. The summed E-state index contributed by atoms with van der Waals surface area (Å²) in [7, 11) is 0. The number of anilines is 2. The van der Waals surface area contributed by atoms with Gasteiger partial charge in [0.15, 0.2) is 11.0 Å². The number of aromatic nitrogens is 2. The van der Waals surface area contributed by atoms with Crippen molar-refractivity contribution >= 4 is 33.7 Å². The molecule has 6 heteroatoms. The maximum absolute atomic E-state index is 5.87. The molecule has 20 heavy (non-hydrogen) atoms. The van der Waals surface area contributed by atoms with Crippen molar-refractivity contribution in [2.45, 2.75) is 25.3 Å². The molecule has 0 radical (unpaired) electrons. The van der Waals surface area contributed by atoms with Gasteiger partial charge in [-0.1, -0.05) is 0 Å². The van der Waals surface area contributed by atoms with Crippen molar-refractivity contribution in [3.63, 3.8) is 0 Å². The molecule has 4 rings (SSSR count). The number of benzene rings is 1. The molecule has 1 aliphatic carbocycles. The second-order valence-electron chi connectivity index (χ2n) is 5.05. The molecule has 0 saturated carbocycles. The molecule has 2 heterocycles. The first-order valence-electron chi connectivity index (χ1n) is 6.66. The first-order chi connectivity index (χ1) is 9.83. The summed E-state index contributed by atoms with van der Waals surface area (Å²) in [5, 5.41) is 13.6. The number of nitrogens with zero attached hydrogens (tertiary/aromatic N) is 2. The zero-order valence-electron chi connectivity index (χ0n) is 10.8. The van der Waals surface area contributed by atoms with Crippen LogP contribution >= 0.6 is 11.3 Å². The molecule has 3 aromatic rings. The van der Waals surface area contributed by atoms with Gasteiger partial charge < -0.3 is 11.1 Å². The molecule has 5 nitrogen and oxygen atoms in total. The number of hydrogen-bond donors (Lipinski definition) is 2. The Labute approximate surface area is 119 Å². The van der Waals surface area contributed by atoms with E-state index < -0.39 is 0 Å². The van der Waals surface area contributed by atoms with E-state index in [1.54, 1.807) is 0 Å². The second kappa shape index (κ2) is 4.49. The Morgan fingerprint density at radius 3 is 3.10 bits per heavy atom. The van der Waals surface area contributed by atoms with E-state index in [0.29, 0.717) is 22.8 Å². The average molecular weight is 286 g/mol. The Kier molecular flexibility index (Phi) is 2.63. The molecule has 1 aromatic carbocycles. The van der Waals surface area contributed by atoms with Gasteiger partial charge in [-0.05, 0) is 58.7 Å². The molecule has 2 aromatic heterocycles. The molecule has 0 amide bonds. The monoisotopic (exact) mass is 286 g/mol. The van der Waals surface area contributed by atoms with Crippen molar-refractivity contribution in [1.82, 2.24) is 10.3 Å². The summed E-state index contributed by atoms with van der Waals surface area (Å²) in [6, 6.07) is 6.33. The van der Waals surface area contributed by atoms with E-state index in [0.717, 1.165) is 12.1 Å². The van der Waals surface area contributed by atoms with Crippen LogP contribution in [0.25, 0.3) is 11.0 Å². The van der Waals surface area contributed by atoms with Crippen LogP contribution < -0.4 is 11.1 Å². The van der Waals surface area contributed by atoms with E-state index in [9.17, 15) is 0 Å². The highest BCUT2D eigenvalue weighted by Gasteiger charge is 2.22. The van der Waals surface area contributed by atoms with E-state index in [1.807, 2.05) is 23.5 Å². The van der Waals surface area contributed by atoms with Gasteiger partial charge in [-0.3, -0.25) is 0 Å². The number of hydrogen-bond acceptors (Lipinski definition) is 6. The summed E-state index contributed by atoms with van der Waals surface area (Å²) >= 11 is 1.84. The van der Waals surface area contributed by atoms with Crippen molar-refractivity contribution in [2.75, 3.05) is 11.1 Å². The van der Waals surface area contributed by atoms with Crippen LogP contribution in [0.4, 0.5) is 11.4 Å². The fourth-order valence-corrected chi connectivity index (χ4v) is 3.81. The Bertz CT molecular complexity index is 763. The molecule has 1 aliphatic rings. The van der Waals surface area contributed by atoms with Crippen molar-refractivity contribution in [3.05, 3.63) is 34.0 Å². The van der Waals surface area contributed by atoms with Crippen LogP contribution in [-0.2, 0) is 6.42 Å². The van der Waals surface area contributed by atoms with Crippen LogP contribution in [0.1, 0.15) is 29.3 Å². The molecular formula is C14H14N4OS. The molecule has 0 fully saturated rings. The summed E-state index contributed by atoms with van der Waals surface area (Å²) in [5.74, 6) is 0. The normalized spacial score (nSPS) is 18.1. The summed E-state index contributed by atoms with van der Waals surface area (Å²) < 4.78 is 4.81. The quantitative estimate of drug-likeness (QED) is 0.706. The topological polar surface area (TPSA) is 77.0 Å². The SMILES string of the molecule is Nc1ccc(NC2CCCc3sccc32)c2nonc12. The minimum Gasteiger partial charge on any atom is -0.397 e. The molecule has 0 bridgehead atoms. The largest absolute Gasteiger partial charge is 0.397 e. The van der Waals surface area contributed by atoms with Gasteiger partial charge in [-0.2, -0.15) is 0 Å². The van der Waals surface area contributed by atoms with Gasteiger partial charge in [0.2, 0.25) is 0 Å². The highest BCUT2D eigenvalue weighted by Crippen LogP contribution is 2.37. The minimum absolute atomic E-state index is 0.327. The van der Waals surface area contributed by atoms with E-state index in [1.165, 1.54) is 23.3 Å². The van der Waals surface area contributed by atoms with E-state index in [2.05, 4.69) is 27.1 Å². The van der Waals surface area contributed by atoms with Gasteiger partial charge in [-0.25, -0.2) is 4.63 Å². The van der Waals surface area contributed by atoms with Crippen LogP contribution in [0.15, 0.2) is 28.2 Å². The highest BCUT2D eigenvalue weighted by molar-refractivity contribution is 7.10. The zero-order chi connectivity index (χ0) is 13.5. The lowest BCUT2D eigenvalue weighted by Gasteiger charge is -2.24. The maximum Gasteiger partial charge on any atom is 0.160 e. The number of aryl methyl sites for hydroxylation is 1. The summed E-state index contributed by atoms with van der Waals surface area (Å²) in [6.45, 7) is 0. The zero-order valence-corrected chi connectivity index (χ0v) is 11.6. The van der Waals surface area contributed by atoms with Gasteiger partial charge in [0, 0.05) is 4.88 Å². The lowest BCUT2D eigenvalue weighted by molar-refractivity contribution is 0.315. The number of fused-ring (bicyclic) bond motifs is 2. The molecule has 1 atom stereocenters. The number of nitrogens with two attached hydrogens (primary N) is 1. The summed E-state index contributed by atoms with van der Waals surface area (Å²) in [6.07, 6.45) is 3.52. The molecule has 102 valence electrons. The first kappa shape index (κ1) is 11.7. The molecule has 3 N–H and O–H groups in total. The van der Waals surface area contributed by atoms with Gasteiger partial charge in [0.1, 0.15) is 0 Å². The third-order valence-corrected chi connectivity index (χ3v) is 4.82. The molecule has 0 spiro atoms. The van der Waals surface area contributed by atoms with Crippen molar-refractivity contribution in [1.29, 1.82) is 0 Å². The van der Waals surface area contributed by atoms with E-state index >= 15 is 0 Å². The van der Waals surface area contributed by atoms with Crippen LogP contribution in [0.2, 0.25) is 0 Å². The van der Waals surface area contributed by atoms with E-state index in [4.69, 9.17) is 10.4 Å². The lowest BCUT2D eigenvalue weighted by atomic mass is 9.94. The number of rotatable bonds is 2.